The minimum atomic E-state index is -0.310. The largest absolute Gasteiger partial charge is 0.362 e. The lowest BCUT2D eigenvalue weighted by atomic mass is 10.0. The van der Waals surface area contributed by atoms with Crippen molar-refractivity contribution in [2.45, 2.75) is 32.7 Å². The zero-order valence-corrected chi connectivity index (χ0v) is 14.1. The van der Waals surface area contributed by atoms with Crippen molar-refractivity contribution in [1.82, 2.24) is 9.88 Å². The van der Waals surface area contributed by atoms with E-state index in [1.807, 2.05) is 6.08 Å². The summed E-state index contributed by atoms with van der Waals surface area (Å²) >= 11 is 0. The summed E-state index contributed by atoms with van der Waals surface area (Å²) in [4.78, 5) is 18.0. The van der Waals surface area contributed by atoms with Crippen LogP contribution in [0.3, 0.4) is 0 Å². The number of hydrogen-bond donors (Lipinski definition) is 1. The molecule has 24 heavy (non-hydrogen) atoms. The lowest BCUT2D eigenvalue weighted by Gasteiger charge is -2.27. The third kappa shape index (κ3) is 3.49. The van der Waals surface area contributed by atoms with E-state index < -0.39 is 0 Å². The molecule has 0 unspecified atom stereocenters. The van der Waals surface area contributed by atoms with Gasteiger partial charge >= 0.3 is 0 Å². The first-order chi connectivity index (χ1) is 11.6. The van der Waals surface area contributed by atoms with E-state index in [0.29, 0.717) is 12.0 Å². The number of Topliss-reactive ketones (excluding diaryl/α,β-unsaturated/α-hetero) is 1. The van der Waals surface area contributed by atoms with E-state index in [2.05, 4.69) is 23.4 Å². The van der Waals surface area contributed by atoms with Crippen LogP contribution in [-0.4, -0.2) is 28.8 Å². The predicted octanol–water partition coefficient (Wildman–Crippen LogP) is 4.13. The molecule has 3 rings (SSSR count). The molecule has 0 atom stereocenters. The van der Waals surface area contributed by atoms with Gasteiger partial charge in [0.2, 0.25) is 0 Å². The van der Waals surface area contributed by atoms with Crippen LogP contribution in [0.4, 0.5) is 4.39 Å². The number of nitrogens with zero attached hydrogens (tertiary/aromatic N) is 1. The van der Waals surface area contributed by atoms with E-state index in [9.17, 15) is 9.18 Å². The molecule has 0 amide bonds. The van der Waals surface area contributed by atoms with Crippen LogP contribution in [0, 0.1) is 12.7 Å². The Balaban J connectivity index is 1.53. The summed E-state index contributed by atoms with van der Waals surface area (Å²) in [6.45, 7) is 8.81. The van der Waals surface area contributed by atoms with Crippen molar-refractivity contribution in [2.24, 2.45) is 0 Å². The van der Waals surface area contributed by atoms with Crippen molar-refractivity contribution in [1.29, 1.82) is 0 Å². The van der Waals surface area contributed by atoms with E-state index >= 15 is 0 Å². The van der Waals surface area contributed by atoms with Crippen molar-refractivity contribution >= 4 is 11.9 Å². The summed E-state index contributed by atoms with van der Waals surface area (Å²) in [6, 6.07) is 5.79. The standard InChI is InChI=1S/C20H23FN2O/c1-3-17-14(2)22-19-10-12-23(13-18(17)19)11-4-5-20(24)15-6-8-16(21)9-7-15/h3,6-9,22H,1,4-5,10-13H2,2H3. The summed E-state index contributed by atoms with van der Waals surface area (Å²) in [5, 5.41) is 0. The van der Waals surface area contributed by atoms with Gasteiger partial charge in [-0.05, 0) is 55.3 Å². The highest BCUT2D eigenvalue weighted by molar-refractivity contribution is 5.95. The van der Waals surface area contributed by atoms with Gasteiger partial charge in [-0.15, -0.1) is 0 Å². The minimum Gasteiger partial charge on any atom is -0.362 e. The number of aromatic nitrogens is 1. The van der Waals surface area contributed by atoms with Gasteiger partial charge in [0.1, 0.15) is 5.82 Å². The van der Waals surface area contributed by atoms with E-state index in [4.69, 9.17) is 0 Å². The van der Waals surface area contributed by atoms with Crippen molar-refractivity contribution in [3.05, 3.63) is 64.7 Å². The van der Waals surface area contributed by atoms with Crippen LogP contribution >= 0.6 is 0 Å². The molecular formula is C20H23FN2O. The molecule has 1 aromatic carbocycles. The Morgan fingerprint density at radius 3 is 2.83 bits per heavy atom. The lowest BCUT2D eigenvalue weighted by Crippen LogP contribution is -2.31. The summed E-state index contributed by atoms with van der Waals surface area (Å²) < 4.78 is 12.9. The number of nitrogens with one attached hydrogen (secondary N) is 1. The molecule has 1 N–H and O–H groups in total. The lowest BCUT2D eigenvalue weighted by molar-refractivity contribution is 0.0973. The molecule has 0 spiro atoms. The van der Waals surface area contributed by atoms with Crippen LogP contribution in [0.15, 0.2) is 30.8 Å². The molecule has 1 aliphatic heterocycles. The number of benzene rings is 1. The monoisotopic (exact) mass is 326 g/mol. The number of halogens is 1. The average molecular weight is 326 g/mol. The quantitative estimate of drug-likeness (QED) is 0.810. The Kier molecular flexibility index (Phi) is 4.95. The average Bonchev–Trinajstić information content (AvgIpc) is 2.89. The van der Waals surface area contributed by atoms with E-state index in [0.717, 1.165) is 32.5 Å². The van der Waals surface area contributed by atoms with Crippen LogP contribution in [0.5, 0.6) is 0 Å². The van der Waals surface area contributed by atoms with Gasteiger partial charge in [-0.3, -0.25) is 9.69 Å². The van der Waals surface area contributed by atoms with E-state index in [1.165, 1.54) is 34.6 Å². The number of hydrogen-bond acceptors (Lipinski definition) is 2. The van der Waals surface area contributed by atoms with Gasteiger partial charge in [-0.2, -0.15) is 0 Å². The molecule has 0 bridgehead atoms. The van der Waals surface area contributed by atoms with Gasteiger partial charge in [-0.25, -0.2) is 4.39 Å². The SMILES string of the molecule is C=Cc1c(C)[nH]c2c1CN(CCCC(=O)c1ccc(F)cc1)CC2. The second-order valence-electron chi connectivity index (χ2n) is 6.38. The number of carbonyl (C=O) groups is 1. The minimum absolute atomic E-state index is 0.0805. The maximum atomic E-state index is 12.9. The molecule has 0 saturated heterocycles. The third-order valence-electron chi connectivity index (χ3n) is 4.74. The molecule has 3 nitrogen and oxygen atoms in total. The molecule has 1 aliphatic rings. The first-order valence-corrected chi connectivity index (χ1v) is 8.42. The highest BCUT2D eigenvalue weighted by Gasteiger charge is 2.21. The highest BCUT2D eigenvalue weighted by Crippen LogP contribution is 2.26. The molecule has 0 radical (unpaired) electrons. The van der Waals surface area contributed by atoms with Gasteiger partial charge in [0.15, 0.2) is 5.78 Å². The zero-order chi connectivity index (χ0) is 17.1. The third-order valence-corrected chi connectivity index (χ3v) is 4.74. The summed E-state index contributed by atoms with van der Waals surface area (Å²) in [7, 11) is 0. The second-order valence-corrected chi connectivity index (χ2v) is 6.38. The van der Waals surface area contributed by atoms with Crippen LogP contribution in [-0.2, 0) is 13.0 Å². The Morgan fingerprint density at radius 1 is 1.38 bits per heavy atom. The predicted molar refractivity (Wildman–Crippen MR) is 94.6 cm³/mol. The molecule has 0 saturated carbocycles. The first kappa shape index (κ1) is 16.7. The molecule has 0 fully saturated rings. The van der Waals surface area contributed by atoms with E-state index in [-0.39, 0.29) is 11.6 Å². The number of H-pyrrole nitrogens is 1. The number of carbonyl (C=O) groups excluding carboxylic acids is 1. The smallest absolute Gasteiger partial charge is 0.162 e. The van der Waals surface area contributed by atoms with Crippen molar-refractivity contribution < 1.29 is 9.18 Å². The molecule has 2 heterocycles. The fraction of sp³-hybridized carbons (Fsp3) is 0.350. The van der Waals surface area contributed by atoms with Gasteiger partial charge in [0, 0.05) is 42.9 Å². The van der Waals surface area contributed by atoms with E-state index in [1.54, 1.807) is 12.1 Å². The Labute approximate surface area is 142 Å². The van der Waals surface area contributed by atoms with Gasteiger partial charge in [0.05, 0.1) is 0 Å². The highest BCUT2D eigenvalue weighted by atomic mass is 19.1. The summed E-state index contributed by atoms with van der Waals surface area (Å²) in [5.74, 6) is -0.229. The Bertz CT molecular complexity index is 746. The van der Waals surface area contributed by atoms with Crippen LogP contribution in [0.2, 0.25) is 0 Å². The number of fused-ring (bicyclic) bond motifs is 1. The topological polar surface area (TPSA) is 36.1 Å². The number of aryl methyl sites for hydroxylation is 1. The summed E-state index contributed by atoms with van der Waals surface area (Å²) in [6.07, 6.45) is 4.25. The van der Waals surface area contributed by atoms with Gasteiger partial charge < -0.3 is 4.98 Å². The van der Waals surface area contributed by atoms with Crippen molar-refractivity contribution in [3.8, 4) is 0 Å². The molecule has 2 aromatic rings. The Hall–Kier alpha value is -2.20. The molecular weight excluding hydrogens is 303 g/mol. The maximum Gasteiger partial charge on any atom is 0.162 e. The fourth-order valence-corrected chi connectivity index (χ4v) is 3.44. The van der Waals surface area contributed by atoms with Crippen molar-refractivity contribution in [2.75, 3.05) is 13.1 Å². The Morgan fingerprint density at radius 2 is 2.12 bits per heavy atom. The van der Waals surface area contributed by atoms with Crippen LogP contribution < -0.4 is 0 Å². The van der Waals surface area contributed by atoms with Crippen LogP contribution in [0.25, 0.3) is 6.08 Å². The molecule has 0 aliphatic carbocycles. The van der Waals surface area contributed by atoms with Gasteiger partial charge in [-0.1, -0.05) is 12.7 Å². The zero-order valence-electron chi connectivity index (χ0n) is 14.1. The second kappa shape index (κ2) is 7.14. The molecule has 1 aromatic heterocycles. The maximum absolute atomic E-state index is 12.9. The summed E-state index contributed by atoms with van der Waals surface area (Å²) in [5.41, 5.74) is 5.66. The number of rotatable bonds is 6. The fourth-order valence-electron chi connectivity index (χ4n) is 3.44. The van der Waals surface area contributed by atoms with Crippen LogP contribution in [0.1, 0.15) is 45.7 Å². The first-order valence-electron chi connectivity index (χ1n) is 8.42. The number of aromatic amines is 1. The normalized spacial score (nSPS) is 14.4. The van der Waals surface area contributed by atoms with Crippen molar-refractivity contribution in [3.63, 3.8) is 0 Å². The number of ketones is 1. The molecule has 126 valence electrons. The molecule has 4 heteroatoms. The van der Waals surface area contributed by atoms with Gasteiger partial charge in [0.25, 0.3) is 0 Å².